The maximum Gasteiger partial charge on any atom is 0.308 e. The van der Waals surface area contributed by atoms with Gasteiger partial charge >= 0.3 is 5.97 Å². The van der Waals surface area contributed by atoms with Crippen LogP contribution < -0.4 is 5.32 Å². The summed E-state index contributed by atoms with van der Waals surface area (Å²) in [6.07, 6.45) is 5.65. The number of thiophene rings is 1. The number of carboxylic acid groups (broad SMARTS) is 1. The van der Waals surface area contributed by atoms with Gasteiger partial charge in [-0.3, -0.25) is 4.79 Å². The van der Waals surface area contributed by atoms with Gasteiger partial charge in [-0.1, -0.05) is 19.3 Å². The number of rotatable bonds is 7. The van der Waals surface area contributed by atoms with Crippen LogP contribution in [0.15, 0.2) is 12.1 Å². The summed E-state index contributed by atoms with van der Waals surface area (Å²) in [4.78, 5) is 12.7. The first-order chi connectivity index (χ1) is 8.24. The van der Waals surface area contributed by atoms with Crippen LogP contribution in [0.5, 0.6) is 0 Å². The molecular formula is C13H19NO2S. The highest BCUT2D eigenvalue weighted by molar-refractivity contribution is 7.12. The maximum absolute atomic E-state index is 10.5. The highest BCUT2D eigenvalue weighted by Gasteiger charge is 2.16. The normalized spacial score (nSPS) is 15.8. The number of aliphatic carboxylic acids is 1. The van der Waals surface area contributed by atoms with E-state index in [2.05, 4.69) is 5.32 Å². The highest BCUT2D eigenvalue weighted by atomic mass is 32.1. The summed E-state index contributed by atoms with van der Waals surface area (Å²) in [6.45, 7) is 1.95. The molecule has 1 aliphatic rings. The molecule has 0 aromatic carbocycles. The fraction of sp³-hybridized carbons (Fsp3) is 0.615. The zero-order valence-electron chi connectivity index (χ0n) is 9.95. The molecule has 1 aromatic rings. The lowest BCUT2D eigenvalue weighted by Gasteiger charge is -2.25. The van der Waals surface area contributed by atoms with E-state index in [4.69, 9.17) is 5.11 Å². The van der Waals surface area contributed by atoms with Gasteiger partial charge in [-0.25, -0.2) is 0 Å². The predicted octanol–water partition coefficient (Wildman–Crippen LogP) is 2.66. The lowest BCUT2D eigenvalue weighted by Crippen LogP contribution is -2.20. The molecule has 2 N–H and O–H groups in total. The molecule has 1 saturated carbocycles. The van der Waals surface area contributed by atoms with Crippen LogP contribution in [0.2, 0.25) is 0 Å². The first-order valence-corrected chi connectivity index (χ1v) is 7.06. The molecule has 0 unspecified atom stereocenters. The van der Waals surface area contributed by atoms with Crippen LogP contribution in [-0.2, 0) is 17.8 Å². The average Bonchev–Trinajstić information content (AvgIpc) is 2.61. The second kappa shape index (κ2) is 6.17. The average molecular weight is 253 g/mol. The van der Waals surface area contributed by atoms with Crippen molar-refractivity contribution >= 4 is 17.3 Å². The van der Waals surface area contributed by atoms with Gasteiger partial charge in [0.15, 0.2) is 0 Å². The van der Waals surface area contributed by atoms with Crippen molar-refractivity contribution in [2.24, 2.45) is 5.92 Å². The van der Waals surface area contributed by atoms with Crippen LogP contribution in [0, 0.1) is 5.92 Å². The third-order valence-electron chi connectivity index (χ3n) is 3.30. The van der Waals surface area contributed by atoms with E-state index in [-0.39, 0.29) is 6.42 Å². The molecule has 0 radical (unpaired) electrons. The van der Waals surface area contributed by atoms with Crippen molar-refractivity contribution in [3.63, 3.8) is 0 Å². The molecule has 94 valence electrons. The van der Waals surface area contributed by atoms with E-state index in [1.807, 2.05) is 12.1 Å². The van der Waals surface area contributed by atoms with E-state index in [0.29, 0.717) is 0 Å². The lowest BCUT2D eigenvalue weighted by atomic mass is 9.83. The summed E-state index contributed by atoms with van der Waals surface area (Å²) in [6, 6.07) is 3.95. The lowest BCUT2D eigenvalue weighted by molar-refractivity contribution is -0.136. The van der Waals surface area contributed by atoms with Crippen LogP contribution in [0.4, 0.5) is 0 Å². The topological polar surface area (TPSA) is 49.3 Å². The maximum atomic E-state index is 10.5. The van der Waals surface area contributed by atoms with E-state index in [1.54, 1.807) is 11.3 Å². The predicted molar refractivity (Wildman–Crippen MR) is 69.3 cm³/mol. The Balaban J connectivity index is 1.64. The quantitative estimate of drug-likeness (QED) is 0.734. The fourth-order valence-corrected chi connectivity index (χ4v) is 3.04. The Bertz CT molecular complexity index is 371. The summed E-state index contributed by atoms with van der Waals surface area (Å²) >= 11 is 1.60. The Hall–Kier alpha value is -0.870. The minimum atomic E-state index is -0.753. The van der Waals surface area contributed by atoms with Crippen LogP contribution in [0.1, 0.15) is 35.4 Å². The molecule has 0 aliphatic heterocycles. The largest absolute Gasteiger partial charge is 0.481 e. The molecule has 0 atom stereocenters. The van der Waals surface area contributed by atoms with Crippen molar-refractivity contribution in [1.82, 2.24) is 5.32 Å². The van der Waals surface area contributed by atoms with Gasteiger partial charge in [-0.2, -0.15) is 0 Å². The van der Waals surface area contributed by atoms with Crippen molar-refractivity contribution in [3.8, 4) is 0 Å². The van der Waals surface area contributed by atoms with Crippen molar-refractivity contribution in [3.05, 3.63) is 21.9 Å². The van der Waals surface area contributed by atoms with Gasteiger partial charge < -0.3 is 10.4 Å². The number of hydrogen-bond donors (Lipinski definition) is 2. The summed E-state index contributed by atoms with van der Waals surface area (Å²) in [5.74, 6) is 0.199. The number of nitrogens with one attached hydrogen (secondary N) is 1. The summed E-state index contributed by atoms with van der Waals surface area (Å²) in [5, 5.41) is 12.1. The minimum Gasteiger partial charge on any atom is -0.481 e. The molecule has 1 aliphatic carbocycles. The fourth-order valence-electron chi connectivity index (χ4n) is 2.06. The van der Waals surface area contributed by atoms with Crippen molar-refractivity contribution in [2.45, 2.75) is 38.6 Å². The minimum absolute atomic E-state index is 0.146. The zero-order chi connectivity index (χ0) is 12.1. The van der Waals surface area contributed by atoms with E-state index >= 15 is 0 Å². The number of hydrogen-bond acceptors (Lipinski definition) is 3. The first-order valence-electron chi connectivity index (χ1n) is 6.24. The zero-order valence-corrected chi connectivity index (χ0v) is 10.8. The second-order valence-electron chi connectivity index (χ2n) is 4.70. The molecule has 0 spiro atoms. The van der Waals surface area contributed by atoms with E-state index in [9.17, 15) is 4.79 Å². The molecule has 17 heavy (non-hydrogen) atoms. The standard InChI is InChI=1S/C13H19NO2S/c15-13(16)8-11-4-5-12(17-11)9-14-7-6-10-2-1-3-10/h4-5,10,14H,1-3,6-9H2,(H,15,16). The summed E-state index contributed by atoms with van der Waals surface area (Å²) < 4.78 is 0. The van der Waals surface area contributed by atoms with E-state index in [1.165, 1.54) is 30.6 Å². The smallest absolute Gasteiger partial charge is 0.308 e. The van der Waals surface area contributed by atoms with Gasteiger partial charge in [0.25, 0.3) is 0 Å². The van der Waals surface area contributed by atoms with Crippen LogP contribution >= 0.6 is 11.3 Å². The SMILES string of the molecule is O=C(O)Cc1ccc(CNCCC2CCC2)s1. The molecule has 1 heterocycles. The van der Waals surface area contributed by atoms with Gasteiger partial charge in [-0.15, -0.1) is 11.3 Å². The number of carboxylic acids is 1. The van der Waals surface area contributed by atoms with Crippen molar-refractivity contribution in [2.75, 3.05) is 6.54 Å². The Morgan fingerprint density at radius 2 is 2.18 bits per heavy atom. The number of carbonyl (C=O) groups is 1. The van der Waals surface area contributed by atoms with Crippen molar-refractivity contribution in [1.29, 1.82) is 0 Å². The summed E-state index contributed by atoms with van der Waals surface area (Å²) in [5.41, 5.74) is 0. The van der Waals surface area contributed by atoms with Gasteiger partial charge in [0, 0.05) is 16.3 Å². The molecule has 4 heteroatoms. The monoisotopic (exact) mass is 253 g/mol. The molecule has 1 fully saturated rings. The molecule has 0 saturated heterocycles. The Kier molecular flexibility index (Phi) is 4.57. The van der Waals surface area contributed by atoms with Crippen LogP contribution in [0.25, 0.3) is 0 Å². The molecule has 2 rings (SSSR count). The van der Waals surface area contributed by atoms with Crippen LogP contribution in [-0.4, -0.2) is 17.6 Å². The van der Waals surface area contributed by atoms with Crippen molar-refractivity contribution < 1.29 is 9.90 Å². The van der Waals surface area contributed by atoms with Gasteiger partial charge in [0.1, 0.15) is 0 Å². The van der Waals surface area contributed by atoms with E-state index in [0.717, 1.165) is 23.9 Å². The Morgan fingerprint density at radius 3 is 2.82 bits per heavy atom. The molecule has 1 aromatic heterocycles. The molecule has 3 nitrogen and oxygen atoms in total. The molecule has 0 amide bonds. The molecule has 0 bridgehead atoms. The third-order valence-corrected chi connectivity index (χ3v) is 4.38. The summed E-state index contributed by atoms with van der Waals surface area (Å²) in [7, 11) is 0. The molecular weight excluding hydrogens is 234 g/mol. The van der Waals surface area contributed by atoms with Crippen LogP contribution in [0.3, 0.4) is 0 Å². The first kappa shape index (κ1) is 12.6. The second-order valence-corrected chi connectivity index (χ2v) is 5.95. The highest BCUT2D eigenvalue weighted by Crippen LogP contribution is 2.28. The van der Waals surface area contributed by atoms with Gasteiger partial charge in [0.2, 0.25) is 0 Å². The third kappa shape index (κ3) is 4.13. The van der Waals surface area contributed by atoms with Gasteiger partial charge in [-0.05, 0) is 31.0 Å². The van der Waals surface area contributed by atoms with Gasteiger partial charge in [0.05, 0.1) is 6.42 Å². The Morgan fingerprint density at radius 1 is 1.41 bits per heavy atom. The Labute approximate surface area is 106 Å². The van der Waals surface area contributed by atoms with E-state index < -0.39 is 5.97 Å².